The summed E-state index contributed by atoms with van der Waals surface area (Å²) in [5.74, 6) is 0. The van der Waals surface area contributed by atoms with Crippen LogP contribution in [0.5, 0.6) is 0 Å². The van der Waals surface area contributed by atoms with Gasteiger partial charge in [-0.05, 0) is 118 Å². The lowest BCUT2D eigenvalue weighted by molar-refractivity contribution is 0.660. The Bertz CT molecular complexity index is 2890. The van der Waals surface area contributed by atoms with Crippen LogP contribution in [-0.2, 0) is 10.8 Å². The Morgan fingerprint density at radius 1 is 0.296 bits per heavy atom. The molecule has 0 unspecified atom stereocenters. The second kappa shape index (κ2) is 11.5. The second-order valence-corrected chi connectivity index (χ2v) is 15.6. The molecule has 0 atom stereocenters. The third-order valence-corrected chi connectivity index (χ3v) is 12.5. The van der Waals surface area contributed by atoms with Gasteiger partial charge in [-0.15, -0.1) is 0 Å². The predicted octanol–water partition coefficient (Wildman–Crippen LogP) is 14.0. The second-order valence-electron chi connectivity index (χ2n) is 15.6. The molecule has 9 aromatic carbocycles. The van der Waals surface area contributed by atoms with Crippen LogP contribution in [0, 0.1) is 0 Å². The SMILES string of the molecule is CC1(C)c2ccccc2-c2ccc(-c3ccc4c(c3)-c3ccc5c(cc(-c6ccccc6)c6ccccc65)c3C4(c3ccccc3)c3ccccc3)cc21. The molecule has 2 aliphatic rings. The first-order valence-corrected chi connectivity index (χ1v) is 19.1. The van der Waals surface area contributed by atoms with Crippen LogP contribution >= 0.6 is 0 Å². The van der Waals surface area contributed by atoms with Gasteiger partial charge in [-0.3, -0.25) is 0 Å². The highest BCUT2D eigenvalue weighted by Crippen LogP contribution is 2.59. The first kappa shape index (κ1) is 31.1. The summed E-state index contributed by atoms with van der Waals surface area (Å²) in [5.41, 5.74) is 17.8. The summed E-state index contributed by atoms with van der Waals surface area (Å²) in [6.07, 6.45) is 0. The molecule has 0 heteroatoms. The van der Waals surface area contributed by atoms with E-state index in [0.29, 0.717) is 0 Å². The molecule has 54 heavy (non-hydrogen) atoms. The number of rotatable bonds is 4. The van der Waals surface area contributed by atoms with E-state index in [2.05, 4.69) is 208 Å². The summed E-state index contributed by atoms with van der Waals surface area (Å²) < 4.78 is 0. The van der Waals surface area contributed by atoms with E-state index in [1.807, 2.05) is 0 Å². The fraction of sp³-hybridized carbons (Fsp3) is 0.0741. The van der Waals surface area contributed by atoms with Crippen molar-refractivity contribution >= 4 is 21.5 Å². The normalized spacial score (nSPS) is 14.4. The lowest BCUT2D eigenvalue weighted by Crippen LogP contribution is -2.28. The average molecular weight is 687 g/mol. The van der Waals surface area contributed by atoms with Gasteiger partial charge >= 0.3 is 0 Å². The molecule has 0 aliphatic heterocycles. The minimum Gasteiger partial charge on any atom is -0.0622 e. The Kier molecular flexibility index (Phi) is 6.61. The highest BCUT2D eigenvalue weighted by atomic mass is 14.5. The molecular formula is C54H38. The molecule has 0 radical (unpaired) electrons. The zero-order valence-corrected chi connectivity index (χ0v) is 30.5. The quantitative estimate of drug-likeness (QED) is 0.162. The molecule has 0 saturated carbocycles. The molecule has 2 aliphatic carbocycles. The van der Waals surface area contributed by atoms with Crippen molar-refractivity contribution in [2.45, 2.75) is 24.7 Å². The van der Waals surface area contributed by atoms with Crippen molar-refractivity contribution in [3.8, 4) is 44.5 Å². The van der Waals surface area contributed by atoms with Gasteiger partial charge in [-0.1, -0.05) is 190 Å². The minimum absolute atomic E-state index is 0.0564. The van der Waals surface area contributed by atoms with Crippen molar-refractivity contribution in [3.05, 3.63) is 228 Å². The highest BCUT2D eigenvalue weighted by molar-refractivity contribution is 6.17. The summed E-state index contributed by atoms with van der Waals surface area (Å²) in [6.45, 7) is 4.74. The zero-order chi connectivity index (χ0) is 36.0. The molecule has 0 saturated heterocycles. The van der Waals surface area contributed by atoms with Gasteiger partial charge in [0.1, 0.15) is 0 Å². The summed E-state index contributed by atoms with van der Waals surface area (Å²) in [7, 11) is 0. The van der Waals surface area contributed by atoms with Crippen LogP contribution < -0.4 is 0 Å². The van der Waals surface area contributed by atoms with Gasteiger partial charge in [0.25, 0.3) is 0 Å². The van der Waals surface area contributed by atoms with Gasteiger partial charge in [-0.2, -0.15) is 0 Å². The molecule has 9 aromatic rings. The Morgan fingerprint density at radius 2 is 0.852 bits per heavy atom. The smallest absolute Gasteiger partial charge is 0.0622 e. The topological polar surface area (TPSA) is 0 Å². The van der Waals surface area contributed by atoms with Gasteiger partial charge in [0.2, 0.25) is 0 Å². The van der Waals surface area contributed by atoms with Crippen molar-refractivity contribution in [2.75, 3.05) is 0 Å². The molecule has 11 rings (SSSR count). The van der Waals surface area contributed by atoms with Gasteiger partial charge in [0, 0.05) is 5.41 Å². The number of benzene rings is 9. The molecule has 0 aromatic heterocycles. The lowest BCUT2D eigenvalue weighted by Gasteiger charge is -2.35. The van der Waals surface area contributed by atoms with E-state index in [0.717, 1.165) is 0 Å². The molecule has 0 fully saturated rings. The van der Waals surface area contributed by atoms with E-state index in [-0.39, 0.29) is 5.41 Å². The van der Waals surface area contributed by atoms with Gasteiger partial charge in [0.15, 0.2) is 0 Å². The summed E-state index contributed by atoms with van der Waals surface area (Å²) in [5, 5.41) is 5.15. The standard InChI is InChI=1S/C54H38/c1-53(2)49-25-15-14-24-43(49)44-28-26-37(33-51(44)53)36-27-31-50-47(32-36)45-30-29-42-40-22-12-13-23-41(40)46(35-16-6-3-7-17-35)34-48(42)52(45)54(50,38-18-8-4-9-19-38)39-20-10-5-11-21-39/h3-34H,1-2H3. The van der Waals surface area contributed by atoms with E-state index >= 15 is 0 Å². The van der Waals surface area contributed by atoms with Crippen molar-refractivity contribution in [1.29, 1.82) is 0 Å². The van der Waals surface area contributed by atoms with Crippen LogP contribution in [0.3, 0.4) is 0 Å². The maximum Gasteiger partial charge on any atom is 0.0719 e. The van der Waals surface area contributed by atoms with Gasteiger partial charge in [-0.25, -0.2) is 0 Å². The van der Waals surface area contributed by atoms with Crippen LogP contribution in [0.1, 0.15) is 47.2 Å². The van der Waals surface area contributed by atoms with Crippen molar-refractivity contribution < 1.29 is 0 Å². The third-order valence-electron chi connectivity index (χ3n) is 12.5. The monoisotopic (exact) mass is 686 g/mol. The maximum atomic E-state index is 2.49. The molecular weight excluding hydrogens is 649 g/mol. The van der Waals surface area contributed by atoms with E-state index < -0.39 is 5.41 Å². The number of fused-ring (bicyclic) bond motifs is 10. The van der Waals surface area contributed by atoms with Gasteiger partial charge in [0.05, 0.1) is 5.41 Å². The number of hydrogen-bond donors (Lipinski definition) is 0. The third kappa shape index (κ3) is 4.20. The van der Waals surface area contributed by atoms with Crippen molar-refractivity contribution in [2.24, 2.45) is 0 Å². The van der Waals surface area contributed by atoms with Crippen LogP contribution in [0.2, 0.25) is 0 Å². The highest BCUT2D eigenvalue weighted by Gasteiger charge is 2.47. The Hall–Kier alpha value is -6.50. The Balaban J connectivity index is 1.23. The number of hydrogen-bond acceptors (Lipinski definition) is 0. The Morgan fingerprint density at radius 3 is 1.59 bits per heavy atom. The maximum absolute atomic E-state index is 2.49. The average Bonchev–Trinajstić information content (AvgIpc) is 3.67. The molecule has 0 amide bonds. The summed E-state index contributed by atoms with van der Waals surface area (Å²) in [4.78, 5) is 0. The molecule has 0 N–H and O–H groups in total. The van der Waals surface area contributed by atoms with Crippen LogP contribution in [0.25, 0.3) is 66.1 Å². The van der Waals surface area contributed by atoms with Gasteiger partial charge < -0.3 is 0 Å². The van der Waals surface area contributed by atoms with E-state index in [1.165, 1.54) is 99.4 Å². The van der Waals surface area contributed by atoms with Crippen molar-refractivity contribution in [3.63, 3.8) is 0 Å². The van der Waals surface area contributed by atoms with E-state index in [4.69, 9.17) is 0 Å². The fourth-order valence-corrected chi connectivity index (χ4v) is 10.1. The molecule has 0 spiro atoms. The van der Waals surface area contributed by atoms with Crippen LogP contribution in [-0.4, -0.2) is 0 Å². The summed E-state index contributed by atoms with van der Waals surface area (Å²) in [6, 6.07) is 72.8. The predicted molar refractivity (Wildman–Crippen MR) is 227 cm³/mol. The van der Waals surface area contributed by atoms with Crippen LogP contribution in [0.4, 0.5) is 0 Å². The first-order valence-electron chi connectivity index (χ1n) is 19.1. The molecule has 0 heterocycles. The molecule has 0 nitrogen and oxygen atoms in total. The Labute approximate surface area is 317 Å². The van der Waals surface area contributed by atoms with E-state index in [1.54, 1.807) is 0 Å². The molecule has 254 valence electrons. The van der Waals surface area contributed by atoms with E-state index in [9.17, 15) is 0 Å². The zero-order valence-electron chi connectivity index (χ0n) is 30.5. The first-order chi connectivity index (χ1) is 26.5. The van der Waals surface area contributed by atoms with Crippen LogP contribution in [0.15, 0.2) is 194 Å². The summed E-state index contributed by atoms with van der Waals surface area (Å²) >= 11 is 0. The van der Waals surface area contributed by atoms with Crippen molar-refractivity contribution in [1.82, 2.24) is 0 Å². The minimum atomic E-state index is -0.525. The largest absolute Gasteiger partial charge is 0.0719 e. The molecule has 0 bridgehead atoms. The fourth-order valence-electron chi connectivity index (χ4n) is 10.1. The lowest BCUT2D eigenvalue weighted by atomic mass is 9.66.